The highest BCUT2D eigenvalue weighted by Crippen LogP contribution is 2.21. The van der Waals surface area contributed by atoms with E-state index in [4.69, 9.17) is 0 Å². The third-order valence-corrected chi connectivity index (χ3v) is 5.68. The van der Waals surface area contributed by atoms with Gasteiger partial charge in [0.15, 0.2) is 9.84 Å². The molecule has 1 heterocycles. The number of nitrogens with one attached hydrogen (secondary N) is 4. The lowest BCUT2D eigenvalue weighted by Gasteiger charge is -2.11. The Kier molecular flexibility index (Phi) is 6.96. The predicted molar refractivity (Wildman–Crippen MR) is 94.3 cm³/mol. The molecule has 1 aromatic carbocycles. The summed E-state index contributed by atoms with van der Waals surface area (Å²) in [5.41, 5.74) is 5.31. The summed E-state index contributed by atoms with van der Waals surface area (Å²) in [4.78, 5) is 34.9. The van der Waals surface area contributed by atoms with Crippen molar-refractivity contribution >= 4 is 27.7 Å². The van der Waals surface area contributed by atoms with Crippen LogP contribution in [0.4, 0.5) is 4.79 Å². The molecule has 1 fully saturated rings. The van der Waals surface area contributed by atoms with Crippen LogP contribution in [-0.4, -0.2) is 44.3 Å². The molecule has 1 aliphatic heterocycles. The lowest BCUT2D eigenvalue weighted by atomic mass is 10.1. The monoisotopic (exact) mass is 382 g/mol. The summed E-state index contributed by atoms with van der Waals surface area (Å²) in [5.74, 6) is -1.18. The number of carbonyl (C=O) groups excluding carboxylic acids is 3. The van der Waals surface area contributed by atoms with Crippen LogP contribution in [0.15, 0.2) is 30.3 Å². The van der Waals surface area contributed by atoms with Gasteiger partial charge in [-0.1, -0.05) is 30.3 Å². The zero-order chi connectivity index (χ0) is 19.0. The standard InChI is InChI=1S/C16H22N4O5S/c21-14(8-13-6-7-26(24,25)11-13)19-20-15(22)10-18-16(23)17-9-12-4-2-1-3-5-12/h1-5,13H,6-11H2,(H,19,21)(H,20,22)(H2,17,18,23). The Morgan fingerprint density at radius 2 is 1.69 bits per heavy atom. The van der Waals surface area contributed by atoms with Crippen molar-refractivity contribution in [1.29, 1.82) is 0 Å². The molecule has 142 valence electrons. The van der Waals surface area contributed by atoms with Gasteiger partial charge in [-0.15, -0.1) is 0 Å². The SMILES string of the molecule is O=C(CNC(=O)NCc1ccccc1)NNC(=O)CC1CCS(=O)(=O)C1. The number of urea groups is 1. The second kappa shape index (κ2) is 9.18. The molecule has 0 saturated carbocycles. The summed E-state index contributed by atoms with van der Waals surface area (Å²) in [5, 5.41) is 4.97. The van der Waals surface area contributed by atoms with E-state index in [1.165, 1.54) is 0 Å². The minimum absolute atomic E-state index is 0.00247. The van der Waals surface area contributed by atoms with Crippen LogP contribution in [0.2, 0.25) is 0 Å². The molecule has 0 aromatic heterocycles. The molecule has 0 radical (unpaired) electrons. The summed E-state index contributed by atoms with van der Waals surface area (Å²) in [6.45, 7) is 0.0219. The van der Waals surface area contributed by atoms with Crippen LogP contribution in [0, 0.1) is 5.92 Å². The highest BCUT2D eigenvalue weighted by molar-refractivity contribution is 7.91. The molecule has 1 atom stereocenters. The van der Waals surface area contributed by atoms with Crippen LogP contribution in [-0.2, 0) is 26.0 Å². The van der Waals surface area contributed by atoms with E-state index in [2.05, 4.69) is 21.5 Å². The van der Waals surface area contributed by atoms with Crippen LogP contribution in [0.5, 0.6) is 0 Å². The molecule has 26 heavy (non-hydrogen) atoms. The van der Waals surface area contributed by atoms with Crippen molar-refractivity contribution in [2.45, 2.75) is 19.4 Å². The fraction of sp³-hybridized carbons (Fsp3) is 0.438. The first-order valence-electron chi connectivity index (χ1n) is 8.18. The van der Waals surface area contributed by atoms with E-state index in [0.29, 0.717) is 13.0 Å². The van der Waals surface area contributed by atoms with Crippen molar-refractivity contribution in [3.05, 3.63) is 35.9 Å². The maximum atomic E-state index is 11.7. The largest absolute Gasteiger partial charge is 0.334 e. The van der Waals surface area contributed by atoms with Gasteiger partial charge in [0, 0.05) is 13.0 Å². The summed E-state index contributed by atoms with van der Waals surface area (Å²) >= 11 is 0. The quantitative estimate of drug-likeness (QED) is 0.490. The van der Waals surface area contributed by atoms with Gasteiger partial charge in [-0.3, -0.25) is 20.4 Å². The van der Waals surface area contributed by atoms with E-state index < -0.39 is 27.7 Å². The number of rotatable bonds is 6. The highest BCUT2D eigenvalue weighted by atomic mass is 32.2. The normalized spacial score (nSPS) is 17.9. The third-order valence-electron chi connectivity index (χ3n) is 3.85. The minimum atomic E-state index is -3.04. The van der Waals surface area contributed by atoms with Gasteiger partial charge in [-0.25, -0.2) is 13.2 Å². The number of sulfone groups is 1. The van der Waals surface area contributed by atoms with Gasteiger partial charge in [0.1, 0.15) is 6.54 Å². The lowest BCUT2D eigenvalue weighted by Crippen LogP contribution is -2.48. The molecule has 0 aliphatic carbocycles. The van der Waals surface area contributed by atoms with E-state index in [9.17, 15) is 22.8 Å². The van der Waals surface area contributed by atoms with Crippen molar-refractivity contribution in [2.24, 2.45) is 5.92 Å². The lowest BCUT2D eigenvalue weighted by molar-refractivity contribution is -0.128. The Labute approximate surface area is 151 Å². The summed E-state index contributed by atoms with van der Waals surface area (Å²) in [6, 6.07) is 8.79. The Hall–Kier alpha value is -2.62. The summed E-state index contributed by atoms with van der Waals surface area (Å²) < 4.78 is 22.7. The van der Waals surface area contributed by atoms with Gasteiger partial charge in [-0.2, -0.15) is 0 Å². The van der Waals surface area contributed by atoms with E-state index in [-0.39, 0.29) is 30.4 Å². The minimum Gasteiger partial charge on any atom is -0.334 e. The Morgan fingerprint density at radius 3 is 2.35 bits per heavy atom. The second-order valence-corrected chi connectivity index (χ2v) is 8.32. The third kappa shape index (κ3) is 7.09. The van der Waals surface area contributed by atoms with E-state index in [1.54, 1.807) is 0 Å². The van der Waals surface area contributed by atoms with Crippen LogP contribution in [0.1, 0.15) is 18.4 Å². The molecule has 1 aromatic rings. The van der Waals surface area contributed by atoms with Crippen LogP contribution in [0.25, 0.3) is 0 Å². The fourth-order valence-corrected chi connectivity index (χ4v) is 4.39. The number of amides is 4. The van der Waals surface area contributed by atoms with Gasteiger partial charge in [0.05, 0.1) is 11.5 Å². The molecule has 0 spiro atoms. The first kappa shape index (κ1) is 19.7. The van der Waals surface area contributed by atoms with Crippen molar-refractivity contribution < 1.29 is 22.8 Å². The maximum Gasteiger partial charge on any atom is 0.315 e. The average molecular weight is 382 g/mol. The molecular formula is C16H22N4O5S. The molecule has 4 N–H and O–H groups in total. The molecule has 1 saturated heterocycles. The first-order valence-corrected chi connectivity index (χ1v) is 10.00. The number of hydrogen-bond acceptors (Lipinski definition) is 5. The molecular weight excluding hydrogens is 360 g/mol. The maximum absolute atomic E-state index is 11.7. The van der Waals surface area contributed by atoms with Crippen LogP contribution < -0.4 is 21.5 Å². The number of carbonyl (C=O) groups is 3. The van der Waals surface area contributed by atoms with Crippen LogP contribution >= 0.6 is 0 Å². The van der Waals surface area contributed by atoms with Gasteiger partial charge in [0.2, 0.25) is 5.91 Å². The molecule has 9 nitrogen and oxygen atoms in total. The molecule has 2 rings (SSSR count). The summed E-state index contributed by atoms with van der Waals surface area (Å²) in [7, 11) is -3.04. The van der Waals surface area contributed by atoms with Crippen molar-refractivity contribution in [2.75, 3.05) is 18.1 Å². The molecule has 1 unspecified atom stereocenters. The van der Waals surface area contributed by atoms with Gasteiger partial charge < -0.3 is 10.6 Å². The average Bonchev–Trinajstić information content (AvgIpc) is 2.95. The predicted octanol–water partition coefficient (Wildman–Crippen LogP) is -0.542. The van der Waals surface area contributed by atoms with Gasteiger partial charge in [-0.05, 0) is 17.9 Å². The van der Waals surface area contributed by atoms with E-state index >= 15 is 0 Å². The summed E-state index contributed by atoms with van der Waals surface area (Å²) in [6.07, 6.45) is 0.483. The van der Waals surface area contributed by atoms with Crippen molar-refractivity contribution in [3.63, 3.8) is 0 Å². The second-order valence-electron chi connectivity index (χ2n) is 6.09. The van der Waals surface area contributed by atoms with E-state index in [1.807, 2.05) is 30.3 Å². The molecule has 10 heteroatoms. The van der Waals surface area contributed by atoms with E-state index in [0.717, 1.165) is 5.56 Å². The Bertz CT molecular complexity index is 751. The van der Waals surface area contributed by atoms with Gasteiger partial charge in [0.25, 0.3) is 5.91 Å². The zero-order valence-electron chi connectivity index (χ0n) is 14.2. The van der Waals surface area contributed by atoms with Crippen molar-refractivity contribution in [1.82, 2.24) is 21.5 Å². The first-order chi connectivity index (χ1) is 12.3. The van der Waals surface area contributed by atoms with Crippen molar-refractivity contribution in [3.8, 4) is 0 Å². The molecule has 1 aliphatic rings. The highest BCUT2D eigenvalue weighted by Gasteiger charge is 2.29. The number of hydrogen-bond donors (Lipinski definition) is 4. The number of hydrazine groups is 1. The molecule has 0 bridgehead atoms. The Balaban J connectivity index is 1.58. The zero-order valence-corrected chi connectivity index (χ0v) is 15.0. The van der Waals surface area contributed by atoms with Crippen LogP contribution in [0.3, 0.4) is 0 Å². The smallest absolute Gasteiger partial charge is 0.315 e. The molecule has 4 amide bonds. The van der Waals surface area contributed by atoms with Gasteiger partial charge >= 0.3 is 6.03 Å². The fourth-order valence-electron chi connectivity index (χ4n) is 2.53. The Morgan fingerprint density at radius 1 is 1.00 bits per heavy atom. The topological polar surface area (TPSA) is 133 Å². The number of benzene rings is 1.